The van der Waals surface area contributed by atoms with Crippen molar-refractivity contribution in [3.63, 3.8) is 0 Å². The minimum Gasteiger partial charge on any atom is -0.447 e. The van der Waals surface area contributed by atoms with Gasteiger partial charge in [-0.25, -0.2) is 9.18 Å². The van der Waals surface area contributed by atoms with Crippen molar-refractivity contribution in [3.8, 4) is 11.3 Å². The number of carbonyl (C=O) groups excluding carboxylic acids is 2. The maximum atomic E-state index is 14.1. The number of piperidine rings is 1. The number of pyridine rings is 1. The number of benzene rings is 1. The Morgan fingerprint density at radius 3 is 2.58 bits per heavy atom. The Morgan fingerprint density at radius 1 is 1.19 bits per heavy atom. The zero-order chi connectivity index (χ0) is 22.1. The molecule has 31 heavy (non-hydrogen) atoms. The van der Waals surface area contributed by atoms with Crippen LogP contribution in [0.4, 0.5) is 9.18 Å². The van der Waals surface area contributed by atoms with Gasteiger partial charge in [-0.2, -0.15) is 5.10 Å². The summed E-state index contributed by atoms with van der Waals surface area (Å²) in [5.74, 6) is -1.48. The summed E-state index contributed by atoms with van der Waals surface area (Å²) in [6.07, 6.45) is 4.60. The van der Waals surface area contributed by atoms with Gasteiger partial charge in [-0.15, -0.1) is 0 Å². The number of likely N-dealkylation sites (tertiary alicyclic amines) is 1. The number of aromatic nitrogens is 3. The highest BCUT2D eigenvalue weighted by Crippen LogP contribution is 2.29. The average molecular weight is 425 g/mol. The van der Waals surface area contributed by atoms with Crippen molar-refractivity contribution in [2.75, 3.05) is 13.1 Å². The SMILES string of the molecule is CC(C)OC(=O)N1CCC(n2ncc3cc(-c4ccc(C(N)=O)c(F)c4)ncc32)CC1. The molecule has 4 rings (SSSR count). The molecule has 1 saturated heterocycles. The lowest BCUT2D eigenvalue weighted by Crippen LogP contribution is -2.40. The van der Waals surface area contributed by atoms with E-state index in [0.717, 1.165) is 23.7 Å². The van der Waals surface area contributed by atoms with Gasteiger partial charge in [0.15, 0.2) is 0 Å². The maximum absolute atomic E-state index is 14.1. The minimum absolute atomic E-state index is 0.138. The molecule has 9 heteroatoms. The van der Waals surface area contributed by atoms with Gasteiger partial charge in [0.25, 0.3) is 5.91 Å². The van der Waals surface area contributed by atoms with Crippen molar-refractivity contribution < 1.29 is 18.7 Å². The number of primary amides is 1. The van der Waals surface area contributed by atoms with E-state index in [0.29, 0.717) is 24.3 Å². The van der Waals surface area contributed by atoms with Gasteiger partial charge in [0, 0.05) is 24.0 Å². The Bertz CT molecular complexity index is 1140. The second kappa shape index (κ2) is 8.33. The summed E-state index contributed by atoms with van der Waals surface area (Å²) in [5, 5.41) is 5.41. The summed E-state index contributed by atoms with van der Waals surface area (Å²) in [6.45, 7) is 4.88. The van der Waals surface area contributed by atoms with Crippen molar-refractivity contribution in [3.05, 3.63) is 48.0 Å². The first-order valence-corrected chi connectivity index (χ1v) is 10.2. The van der Waals surface area contributed by atoms with E-state index in [2.05, 4.69) is 10.1 Å². The number of nitrogens with two attached hydrogens (primary N) is 1. The lowest BCUT2D eigenvalue weighted by atomic mass is 10.0. The quantitative estimate of drug-likeness (QED) is 0.689. The molecule has 3 heterocycles. The van der Waals surface area contributed by atoms with Crippen LogP contribution in [0, 0.1) is 5.82 Å². The number of carbonyl (C=O) groups is 2. The molecule has 0 radical (unpaired) electrons. The first-order valence-electron chi connectivity index (χ1n) is 10.2. The number of rotatable bonds is 4. The predicted octanol–water partition coefficient (Wildman–Crippen LogP) is 3.52. The summed E-state index contributed by atoms with van der Waals surface area (Å²) in [4.78, 5) is 29.5. The first kappa shape index (κ1) is 20.8. The Labute approximate surface area is 178 Å². The third-order valence-corrected chi connectivity index (χ3v) is 5.42. The molecule has 2 aromatic heterocycles. The van der Waals surface area contributed by atoms with Gasteiger partial charge in [0.2, 0.25) is 0 Å². The van der Waals surface area contributed by atoms with Gasteiger partial charge in [-0.3, -0.25) is 14.5 Å². The van der Waals surface area contributed by atoms with E-state index in [-0.39, 0.29) is 23.8 Å². The van der Waals surface area contributed by atoms with E-state index in [4.69, 9.17) is 10.5 Å². The summed E-state index contributed by atoms with van der Waals surface area (Å²) < 4.78 is 21.3. The van der Waals surface area contributed by atoms with Gasteiger partial charge in [0.05, 0.1) is 41.3 Å². The second-order valence-corrected chi connectivity index (χ2v) is 7.93. The zero-order valence-corrected chi connectivity index (χ0v) is 17.4. The molecular formula is C22H24FN5O3. The number of nitrogens with zero attached hydrogens (tertiary/aromatic N) is 4. The predicted molar refractivity (Wildman–Crippen MR) is 113 cm³/mol. The topological polar surface area (TPSA) is 103 Å². The molecule has 2 amide bonds. The molecule has 1 fully saturated rings. The Morgan fingerprint density at radius 2 is 1.94 bits per heavy atom. The van der Waals surface area contributed by atoms with Gasteiger partial charge in [-0.1, -0.05) is 6.07 Å². The standard InChI is InChI=1S/C22H24FN5O3/c1-13(2)31-22(30)27-7-5-16(6-8-27)28-20-12-25-19(10-15(20)11-26-28)14-3-4-17(21(24)29)18(23)9-14/h3-4,9-13,16H,5-8H2,1-2H3,(H2,24,29). The summed E-state index contributed by atoms with van der Waals surface area (Å²) in [7, 11) is 0. The van der Waals surface area contributed by atoms with Gasteiger partial charge >= 0.3 is 6.09 Å². The summed E-state index contributed by atoms with van der Waals surface area (Å²) in [5.41, 5.74) is 7.01. The molecule has 1 aliphatic rings. The number of hydrogen-bond donors (Lipinski definition) is 1. The zero-order valence-electron chi connectivity index (χ0n) is 17.4. The largest absolute Gasteiger partial charge is 0.447 e. The van der Waals surface area contributed by atoms with Crippen LogP contribution in [0.15, 0.2) is 36.7 Å². The van der Waals surface area contributed by atoms with Crippen LogP contribution in [-0.2, 0) is 4.74 Å². The number of amides is 2. The Kier molecular flexibility index (Phi) is 5.58. The number of ether oxygens (including phenoxy) is 1. The van der Waals surface area contributed by atoms with Crippen LogP contribution in [0.25, 0.3) is 22.2 Å². The third kappa shape index (κ3) is 4.21. The maximum Gasteiger partial charge on any atom is 0.410 e. The van der Waals surface area contributed by atoms with Crippen LogP contribution >= 0.6 is 0 Å². The van der Waals surface area contributed by atoms with Crippen LogP contribution in [0.3, 0.4) is 0 Å². The van der Waals surface area contributed by atoms with Crippen LogP contribution < -0.4 is 5.73 Å². The van der Waals surface area contributed by atoms with E-state index in [1.807, 2.05) is 24.6 Å². The van der Waals surface area contributed by atoms with Gasteiger partial charge in [0.1, 0.15) is 5.82 Å². The van der Waals surface area contributed by atoms with Crippen LogP contribution in [0.2, 0.25) is 0 Å². The van der Waals surface area contributed by atoms with Crippen molar-refractivity contribution in [2.24, 2.45) is 5.73 Å². The number of fused-ring (bicyclic) bond motifs is 1. The van der Waals surface area contributed by atoms with Crippen molar-refractivity contribution in [1.82, 2.24) is 19.7 Å². The van der Waals surface area contributed by atoms with Crippen molar-refractivity contribution >= 4 is 22.9 Å². The lowest BCUT2D eigenvalue weighted by molar-refractivity contribution is 0.0656. The van der Waals surface area contributed by atoms with Crippen LogP contribution in [0.1, 0.15) is 43.1 Å². The Balaban J connectivity index is 1.52. The molecule has 1 aliphatic heterocycles. The molecule has 2 N–H and O–H groups in total. The summed E-state index contributed by atoms with van der Waals surface area (Å²) >= 11 is 0. The Hall–Kier alpha value is -3.49. The molecule has 0 saturated carbocycles. The van der Waals surface area contributed by atoms with Crippen molar-refractivity contribution in [2.45, 2.75) is 38.8 Å². The third-order valence-electron chi connectivity index (χ3n) is 5.42. The van der Waals surface area contributed by atoms with Gasteiger partial charge in [-0.05, 0) is 44.9 Å². The number of halogens is 1. The average Bonchev–Trinajstić information content (AvgIpc) is 3.16. The molecule has 8 nitrogen and oxygen atoms in total. The molecular weight excluding hydrogens is 401 g/mol. The van der Waals surface area contributed by atoms with Crippen LogP contribution in [-0.4, -0.2) is 50.9 Å². The van der Waals surface area contributed by atoms with E-state index in [1.165, 1.54) is 12.1 Å². The molecule has 0 atom stereocenters. The molecule has 3 aromatic rings. The van der Waals surface area contributed by atoms with E-state index >= 15 is 0 Å². The van der Waals surface area contributed by atoms with E-state index in [1.54, 1.807) is 23.4 Å². The smallest absolute Gasteiger partial charge is 0.410 e. The van der Waals surface area contributed by atoms with E-state index < -0.39 is 11.7 Å². The molecule has 0 bridgehead atoms. The molecule has 0 spiro atoms. The minimum atomic E-state index is -0.808. The first-order chi connectivity index (χ1) is 14.8. The van der Waals surface area contributed by atoms with Crippen molar-refractivity contribution in [1.29, 1.82) is 0 Å². The highest BCUT2D eigenvalue weighted by Gasteiger charge is 2.26. The highest BCUT2D eigenvalue weighted by atomic mass is 19.1. The lowest BCUT2D eigenvalue weighted by Gasteiger charge is -2.32. The second-order valence-electron chi connectivity index (χ2n) is 7.93. The monoisotopic (exact) mass is 425 g/mol. The normalized spacial score (nSPS) is 14.9. The van der Waals surface area contributed by atoms with Gasteiger partial charge < -0.3 is 15.4 Å². The summed E-state index contributed by atoms with van der Waals surface area (Å²) in [6, 6.07) is 6.23. The van der Waals surface area contributed by atoms with E-state index in [9.17, 15) is 14.0 Å². The molecule has 0 unspecified atom stereocenters. The molecule has 162 valence electrons. The molecule has 1 aromatic carbocycles. The molecule has 0 aliphatic carbocycles. The van der Waals surface area contributed by atoms with Crippen LogP contribution in [0.5, 0.6) is 0 Å². The fourth-order valence-electron chi connectivity index (χ4n) is 3.84. The fourth-order valence-corrected chi connectivity index (χ4v) is 3.84. The number of hydrogen-bond acceptors (Lipinski definition) is 5. The fraction of sp³-hybridized carbons (Fsp3) is 0.364. The highest BCUT2D eigenvalue weighted by molar-refractivity contribution is 5.93.